The van der Waals surface area contributed by atoms with Crippen molar-refractivity contribution in [3.63, 3.8) is 0 Å². The predicted octanol–water partition coefficient (Wildman–Crippen LogP) is 3.52. The Balaban J connectivity index is 2.30. The van der Waals surface area contributed by atoms with Gasteiger partial charge in [-0.3, -0.25) is 0 Å². The smallest absolute Gasteiger partial charge is 0.224 e. The van der Waals surface area contributed by atoms with Crippen LogP contribution in [0.1, 0.15) is 25.6 Å². The van der Waals surface area contributed by atoms with Gasteiger partial charge in [0.05, 0.1) is 12.7 Å². The van der Waals surface area contributed by atoms with Gasteiger partial charge in [0.1, 0.15) is 0 Å². The fourth-order valence-corrected chi connectivity index (χ4v) is 2.58. The van der Waals surface area contributed by atoms with Crippen molar-refractivity contribution in [2.45, 2.75) is 33.4 Å². The summed E-state index contributed by atoms with van der Waals surface area (Å²) in [5, 5.41) is 5.04. The third-order valence-electron chi connectivity index (χ3n) is 2.86. The van der Waals surface area contributed by atoms with E-state index in [0.717, 1.165) is 0 Å². The van der Waals surface area contributed by atoms with E-state index >= 15 is 0 Å². The second-order valence-corrected chi connectivity index (χ2v) is 5.73. The average molecular weight is 294 g/mol. The Kier molecular flexibility index (Phi) is 4.89. The van der Waals surface area contributed by atoms with Crippen molar-refractivity contribution in [2.75, 3.05) is 16.8 Å². The average Bonchev–Trinajstić information content (AvgIpc) is 2.91. The Hall–Kier alpha value is -1.69. The molecule has 0 aliphatic carbocycles. The number of anilines is 2. The number of aromatic nitrogens is 2. The first-order valence-corrected chi connectivity index (χ1v) is 7.55. The lowest BCUT2D eigenvalue weighted by molar-refractivity contribution is 0.584. The number of nitrogens with zero attached hydrogens (tertiary/aromatic N) is 3. The molecule has 0 spiro atoms. The van der Waals surface area contributed by atoms with E-state index < -0.39 is 5.82 Å². The molecule has 2 heterocycles. The Labute approximate surface area is 122 Å². The zero-order valence-electron chi connectivity index (χ0n) is 11.9. The topological polar surface area (TPSA) is 41.1 Å². The van der Waals surface area contributed by atoms with E-state index in [4.69, 9.17) is 0 Å². The van der Waals surface area contributed by atoms with Gasteiger partial charge in [-0.05, 0) is 32.2 Å². The zero-order chi connectivity index (χ0) is 14.5. The molecule has 0 bridgehead atoms. The molecule has 0 atom stereocenters. The number of hydrogen-bond donors (Lipinski definition) is 1. The van der Waals surface area contributed by atoms with E-state index in [1.165, 1.54) is 11.1 Å². The summed E-state index contributed by atoms with van der Waals surface area (Å²) in [6.45, 7) is 7.37. The van der Waals surface area contributed by atoms with Crippen molar-refractivity contribution in [1.82, 2.24) is 9.97 Å². The van der Waals surface area contributed by atoms with Crippen LogP contribution in [-0.2, 0) is 6.54 Å². The van der Waals surface area contributed by atoms with Crippen molar-refractivity contribution >= 4 is 23.1 Å². The summed E-state index contributed by atoms with van der Waals surface area (Å²) in [7, 11) is 0. The molecule has 0 aromatic carbocycles. The molecule has 0 aliphatic heterocycles. The van der Waals surface area contributed by atoms with Gasteiger partial charge in [-0.2, -0.15) is 4.98 Å². The lowest BCUT2D eigenvalue weighted by Gasteiger charge is -2.27. The van der Waals surface area contributed by atoms with Crippen LogP contribution in [0.2, 0.25) is 0 Å². The largest absolute Gasteiger partial charge is 0.354 e. The molecule has 4 nitrogen and oxygen atoms in total. The molecule has 0 fully saturated rings. The first-order valence-electron chi connectivity index (χ1n) is 6.67. The molecule has 6 heteroatoms. The highest BCUT2D eigenvalue weighted by Gasteiger charge is 2.18. The Morgan fingerprint density at radius 1 is 1.45 bits per heavy atom. The minimum Gasteiger partial charge on any atom is -0.354 e. The van der Waals surface area contributed by atoms with E-state index in [1.807, 2.05) is 43.2 Å². The van der Waals surface area contributed by atoms with Crippen LogP contribution in [0.5, 0.6) is 0 Å². The molecule has 0 radical (unpaired) electrons. The molecule has 2 aromatic heterocycles. The number of rotatable bonds is 6. The lowest BCUT2D eigenvalue weighted by Crippen LogP contribution is -2.31. The molecular formula is C14H19FN4S. The zero-order valence-corrected chi connectivity index (χ0v) is 12.7. The Morgan fingerprint density at radius 3 is 2.85 bits per heavy atom. The maximum atomic E-state index is 14.1. The summed E-state index contributed by atoms with van der Waals surface area (Å²) in [4.78, 5) is 11.4. The molecule has 0 amide bonds. The van der Waals surface area contributed by atoms with E-state index in [-0.39, 0.29) is 6.04 Å². The molecule has 2 rings (SSSR count). The van der Waals surface area contributed by atoms with Crippen LogP contribution in [0, 0.1) is 5.82 Å². The normalized spacial score (nSPS) is 10.8. The van der Waals surface area contributed by atoms with Crippen LogP contribution in [0.4, 0.5) is 16.2 Å². The van der Waals surface area contributed by atoms with Gasteiger partial charge in [-0.25, -0.2) is 9.37 Å². The second kappa shape index (κ2) is 6.65. The SMILES string of the molecule is CCNc1ncc(F)c(N(Cc2cccs2)C(C)C)n1. The molecule has 0 aliphatic rings. The third kappa shape index (κ3) is 3.45. The van der Waals surface area contributed by atoms with Crippen LogP contribution >= 0.6 is 11.3 Å². The highest BCUT2D eigenvalue weighted by Crippen LogP contribution is 2.23. The highest BCUT2D eigenvalue weighted by molar-refractivity contribution is 7.09. The Morgan fingerprint density at radius 2 is 2.25 bits per heavy atom. The van der Waals surface area contributed by atoms with Crippen molar-refractivity contribution in [3.05, 3.63) is 34.4 Å². The van der Waals surface area contributed by atoms with Crippen LogP contribution in [-0.4, -0.2) is 22.6 Å². The molecule has 0 saturated carbocycles. The molecule has 2 aromatic rings. The molecule has 0 unspecified atom stereocenters. The maximum absolute atomic E-state index is 14.1. The fraction of sp³-hybridized carbons (Fsp3) is 0.429. The molecule has 1 N–H and O–H groups in total. The van der Waals surface area contributed by atoms with Gasteiger partial charge >= 0.3 is 0 Å². The van der Waals surface area contributed by atoms with Gasteiger partial charge in [-0.15, -0.1) is 11.3 Å². The molecule has 0 saturated heterocycles. The first-order chi connectivity index (χ1) is 9.61. The lowest BCUT2D eigenvalue weighted by atomic mass is 10.3. The number of hydrogen-bond acceptors (Lipinski definition) is 5. The summed E-state index contributed by atoms with van der Waals surface area (Å²) < 4.78 is 14.1. The van der Waals surface area contributed by atoms with E-state index in [0.29, 0.717) is 24.9 Å². The van der Waals surface area contributed by atoms with Gasteiger partial charge in [0.2, 0.25) is 5.95 Å². The van der Waals surface area contributed by atoms with Gasteiger partial charge in [0.25, 0.3) is 0 Å². The van der Waals surface area contributed by atoms with E-state index in [9.17, 15) is 4.39 Å². The minimum absolute atomic E-state index is 0.149. The summed E-state index contributed by atoms with van der Waals surface area (Å²) in [5.41, 5.74) is 0. The van der Waals surface area contributed by atoms with Crippen LogP contribution in [0.3, 0.4) is 0 Å². The van der Waals surface area contributed by atoms with Crippen molar-refractivity contribution in [1.29, 1.82) is 0 Å². The minimum atomic E-state index is -0.392. The maximum Gasteiger partial charge on any atom is 0.224 e. The van der Waals surface area contributed by atoms with Gasteiger partial charge < -0.3 is 10.2 Å². The van der Waals surface area contributed by atoms with Crippen LogP contribution < -0.4 is 10.2 Å². The van der Waals surface area contributed by atoms with Crippen LogP contribution in [0.15, 0.2) is 23.7 Å². The standard InChI is InChI=1S/C14H19FN4S/c1-4-16-14-17-8-12(15)13(18-14)19(10(2)3)9-11-6-5-7-20-11/h5-8,10H,4,9H2,1-3H3,(H,16,17,18). The summed E-state index contributed by atoms with van der Waals surface area (Å²) in [6, 6.07) is 4.19. The fourth-order valence-electron chi connectivity index (χ4n) is 1.88. The highest BCUT2D eigenvalue weighted by atomic mass is 32.1. The predicted molar refractivity (Wildman–Crippen MR) is 81.8 cm³/mol. The summed E-state index contributed by atoms with van der Waals surface area (Å²) in [6.07, 6.45) is 1.23. The summed E-state index contributed by atoms with van der Waals surface area (Å²) >= 11 is 1.66. The Bertz CT molecular complexity index is 542. The summed E-state index contributed by atoms with van der Waals surface area (Å²) in [5.74, 6) is 0.414. The van der Waals surface area contributed by atoms with Gasteiger partial charge in [0.15, 0.2) is 11.6 Å². The van der Waals surface area contributed by atoms with E-state index in [2.05, 4.69) is 15.3 Å². The quantitative estimate of drug-likeness (QED) is 0.885. The number of nitrogens with one attached hydrogen (secondary N) is 1. The third-order valence-corrected chi connectivity index (χ3v) is 3.72. The van der Waals surface area contributed by atoms with Crippen molar-refractivity contribution in [3.8, 4) is 0 Å². The van der Waals surface area contributed by atoms with Crippen molar-refractivity contribution < 1.29 is 4.39 Å². The second-order valence-electron chi connectivity index (χ2n) is 4.70. The van der Waals surface area contributed by atoms with Crippen LogP contribution in [0.25, 0.3) is 0 Å². The van der Waals surface area contributed by atoms with Gasteiger partial charge in [-0.1, -0.05) is 6.07 Å². The molecule has 20 heavy (non-hydrogen) atoms. The van der Waals surface area contributed by atoms with Crippen molar-refractivity contribution in [2.24, 2.45) is 0 Å². The molecule has 108 valence electrons. The first kappa shape index (κ1) is 14.7. The van der Waals surface area contributed by atoms with E-state index in [1.54, 1.807) is 11.3 Å². The number of thiophene rings is 1. The molecular weight excluding hydrogens is 275 g/mol. The van der Waals surface area contributed by atoms with Gasteiger partial charge in [0, 0.05) is 17.5 Å². The monoisotopic (exact) mass is 294 g/mol. The number of halogens is 1.